The highest BCUT2D eigenvalue weighted by Crippen LogP contribution is 2.52. The number of hydrogen-bond donors (Lipinski definition) is 2. The van der Waals surface area contributed by atoms with E-state index < -0.39 is 52.5 Å². The molecule has 182 valence electrons. The maximum atomic E-state index is 13.2. The summed E-state index contributed by atoms with van der Waals surface area (Å²) in [5.74, 6) is -0.482. The number of hydrogen-bond acceptors (Lipinski definition) is 3. The minimum atomic E-state index is -4.96. The van der Waals surface area contributed by atoms with E-state index in [0.29, 0.717) is 12.1 Å². The van der Waals surface area contributed by atoms with E-state index in [0.717, 1.165) is 5.56 Å². The number of carbonyl (C=O) groups excluding carboxylic acids is 2. The molecule has 0 aromatic heterocycles. The van der Waals surface area contributed by atoms with Crippen LogP contribution in [0, 0.1) is 0 Å². The molecule has 3 amide bonds. The van der Waals surface area contributed by atoms with Crippen LogP contribution in [0.1, 0.15) is 48.1 Å². The van der Waals surface area contributed by atoms with E-state index >= 15 is 0 Å². The maximum Gasteiger partial charge on any atom is 0.416 e. The van der Waals surface area contributed by atoms with Crippen LogP contribution in [0.5, 0.6) is 0 Å². The quantitative estimate of drug-likeness (QED) is 0.456. The summed E-state index contributed by atoms with van der Waals surface area (Å²) in [7, 11) is 0. The van der Waals surface area contributed by atoms with Crippen molar-refractivity contribution in [1.29, 1.82) is 0 Å². The number of halogens is 6. The van der Waals surface area contributed by atoms with E-state index in [-0.39, 0.29) is 31.1 Å². The van der Waals surface area contributed by atoms with Gasteiger partial charge in [-0.1, -0.05) is 30.3 Å². The molecule has 2 aromatic rings. The Kier molecular flexibility index (Phi) is 5.66. The zero-order chi connectivity index (χ0) is 24.9. The number of rotatable bonds is 5. The molecule has 0 unspecified atom stereocenters. The summed E-state index contributed by atoms with van der Waals surface area (Å²) < 4.78 is 85.1. The summed E-state index contributed by atoms with van der Waals surface area (Å²) in [6.45, 7) is 1.29. The Balaban J connectivity index is 1.60. The summed E-state index contributed by atoms with van der Waals surface area (Å²) in [6, 6.07) is 9.62. The largest absolute Gasteiger partial charge is 0.416 e. The number of benzene rings is 2. The molecule has 0 bridgehead atoms. The van der Waals surface area contributed by atoms with Crippen molar-refractivity contribution in [3.05, 3.63) is 70.8 Å². The van der Waals surface area contributed by atoms with E-state index in [1.165, 1.54) is 6.92 Å². The lowest BCUT2D eigenvalue weighted by molar-refractivity contribution is -0.143. The molecule has 11 heteroatoms. The molecule has 1 spiro atoms. The average molecular weight is 486 g/mol. The highest BCUT2D eigenvalue weighted by atomic mass is 19.4. The number of carbonyl (C=O) groups is 2. The Morgan fingerprint density at radius 2 is 1.50 bits per heavy atom. The number of amides is 3. The molecule has 34 heavy (non-hydrogen) atoms. The van der Waals surface area contributed by atoms with Crippen LogP contribution in [0.15, 0.2) is 48.5 Å². The topological polar surface area (TPSA) is 67.4 Å². The zero-order valence-electron chi connectivity index (χ0n) is 17.8. The first-order valence-electron chi connectivity index (χ1n) is 10.3. The summed E-state index contributed by atoms with van der Waals surface area (Å²) >= 11 is 0. The average Bonchev–Trinajstić information content (AvgIpc) is 3.03. The third-order valence-corrected chi connectivity index (χ3v) is 6.37. The Labute approximate surface area is 190 Å². The van der Waals surface area contributed by atoms with Crippen LogP contribution in [0.25, 0.3) is 0 Å². The predicted molar refractivity (Wildman–Crippen MR) is 108 cm³/mol. The minimum absolute atomic E-state index is 0.0682. The lowest BCUT2D eigenvalue weighted by Gasteiger charge is -2.53. The molecule has 2 fully saturated rings. The van der Waals surface area contributed by atoms with Crippen molar-refractivity contribution in [2.24, 2.45) is 0 Å². The van der Waals surface area contributed by atoms with Crippen molar-refractivity contribution in [2.45, 2.75) is 49.2 Å². The molecule has 5 nitrogen and oxygen atoms in total. The van der Waals surface area contributed by atoms with E-state index in [1.54, 1.807) is 30.3 Å². The molecule has 1 aliphatic carbocycles. The first kappa shape index (κ1) is 24.1. The van der Waals surface area contributed by atoms with Gasteiger partial charge in [-0.05, 0) is 49.1 Å². The van der Waals surface area contributed by atoms with Gasteiger partial charge in [-0.2, -0.15) is 26.3 Å². The standard InChI is InChI=1S/C23H20F6N2O3/c1-13(14-7-16(22(24,25)26)9-17(8-14)23(27,28)29)34-12-20(15-5-3-2-4-6-15)10-21(11-20)18(32)30-19(33)31-21/h2-9,13H,10-12H2,1H3,(H2,30,31,32,33)/t13-,20?,21?/m1/s1. The minimum Gasteiger partial charge on any atom is -0.373 e. The molecular weight excluding hydrogens is 466 g/mol. The number of nitrogens with one attached hydrogen (secondary N) is 2. The monoisotopic (exact) mass is 486 g/mol. The summed E-state index contributed by atoms with van der Waals surface area (Å²) in [4.78, 5) is 23.9. The molecule has 2 aliphatic rings. The second-order valence-corrected chi connectivity index (χ2v) is 8.78. The fourth-order valence-corrected chi connectivity index (χ4v) is 4.66. The Bertz CT molecular complexity index is 1080. The third kappa shape index (κ3) is 4.36. The van der Waals surface area contributed by atoms with Gasteiger partial charge >= 0.3 is 18.4 Å². The van der Waals surface area contributed by atoms with Crippen molar-refractivity contribution < 1.29 is 40.7 Å². The molecule has 1 heterocycles. The summed E-state index contributed by atoms with van der Waals surface area (Å²) in [5, 5.41) is 4.79. The zero-order valence-corrected chi connectivity index (χ0v) is 17.8. The van der Waals surface area contributed by atoms with Gasteiger partial charge in [0.05, 0.1) is 23.8 Å². The van der Waals surface area contributed by atoms with Crippen LogP contribution in [0.4, 0.5) is 31.1 Å². The Hall–Kier alpha value is -3.08. The highest BCUT2D eigenvalue weighted by Gasteiger charge is 2.63. The van der Waals surface area contributed by atoms with E-state index in [1.807, 2.05) is 0 Å². The van der Waals surface area contributed by atoms with Gasteiger partial charge in [0.15, 0.2) is 0 Å². The summed E-state index contributed by atoms with van der Waals surface area (Å²) in [5.41, 5.74) is -4.22. The van der Waals surface area contributed by atoms with Crippen LogP contribution in [-0.2, 0) is 27.3 Å². The second-order valence-electron chi connectivity index (χ2n) is 8.78. The van der Waals surface area contributed by atoms with E-state index in [2.05, 4.69) is 10.6 Å². The number of urea groups is 1. The number of imide groups is 1. The Morgan fingerprint density at radius 1 is 0.941 bits per heavy atom. The van der Waals surface area contributed by atoms with Gasteiger partial charge in [-0.15, -0.1) is 0 Å². The van der Waals surface area contributed by atoms with Gasteiger partial charge in [0.1, 0.15) is 5.54 Å². The lowest BCUT2D eigenvalue weighted by Crippen LogP contribution is -2.65. The molecule has 4 rings (SSSR count). The molecule has 1 saturated carbocycles. The second kappa shape index (κ2) is 8.00. The van der Waals surface area contributed by atoms with Crippen molar-refractivity contribution in [1.82, 2.24) is 10.6 Å². The van der Waals surface area contributed by atoms with E-state index in [9.17, 15) is 35.9 Å². The lowest BCUT2D eigenvalue weighted by atomic mass is 9.54. The number of alkyl halides is 6. The van der Waals surface area contributed by atoms with Crippen LogP contribution in [-0.4, -0.2) is 24.1 Å². The number of ether oxygens (including phenoxy) is 1. The highest BCUT2D eigenvalue weighted by molar-refractivity contribution is 6.08. The van der Waals surface area contributed by atoms with Gasteiger partial charge < -0.3 is 10.1 Å². The van der Waals surface area contributed by atoms with Crippen LogP contribution < -0.4 is 10.6 Å². The SMILES string of the molecule is C[C@@H](OCC1(c2ccccc2)CC2(C1)NC(=O)NC2=O)c1cc(C(F)(F)F)cc(C(F)(F)F)c1. The fraction of sp³-hybridized carbons (Fsp3) is 0.391. The van der Waals surface area contributed by atoms with Crippen LogP contribution in [0.2, 0.25) is 0 Å². The molecule has 2 aromatic carbocycles. The predicted octanol–water partition coefficient (Wildman–Crippen LogP) is 5.11. The van der Waals surface area contributed by atoms with Crippen molar-refractivity contribution in [3.8, 4) is 0 Å². The molecule has 0 radical (unpaired) electrons. The molecule has 2 N–H and O–H groups in total. The smallest absolute Gasteiger partial charge is 0.373 e. The van der Waals surface area contributed by atoms with Gasteiger partial charge in [0.25, 0.3) is 5.91 Å². The van der Waals surface area contributed by atoms with Gasteiger partial charge in [-0.3, -0.25) is 10.1 Å². The van der Waals surface area contributed by atoms with Crippen LogP contribution in [0.3, 0.4) is 0 Å². The first-order chi connectivity index (χ1) is 15.7. The van der Waals surface area contributed by atoms with Gasteiger partial charge in [-0.25, -0.2) is 4.79 Å². The van der Waals surface area contributed by atoms with Crippen molar-refractivity contribution >= 4 is 11.9 Å². The third-order valence-electron chi connectivity index (χ3n) is 6.37. The van der Waals surface area contributed by atoms with Gasteiger partial charge in [0.2, 0.25) is 0 Å². The first-order valence-corrected chi connectivity index (χ1v) is 10.3. The van der Waals surface area contributed by atoms with Crippen LogP contribution >= 0.6 is 0 Å². The molecule has 1 saturated heterocycles. The van der Waals surface area contributed by atoms with Gasteiger partial charge in [0, 0.05) is 5.41 Å². The summed E-state index contributed by atoms with van der Waals surface area (Å²) in [6.07, 6.45) is -10.7. The van der Waals surface area contributed by atoms with Crippen molar-refractivity contribution in [2.75, 3.05) is 6.61 Å². The molecule has 1 aliphatic heterocycles. The normalized spacial score (nSPS) is 25.6. The molecule has 1 atom stereocenters. The fourth-order valence-electron chi connectivity index (χ4n) is 4.66. The Morgan fingerprint density at radius 3 is 1.97 bits per heavy atom. The van der Waals surface area contributed by atoms with Crippen molar-refractivity contribution in [3.63, 3.8) is 0 Å². The molecular formula is C23H20F6N2O3. The van der Waals surface area contributed by atoms with E-state index in [4.69, 9.17) is 4.74 Å². The maximum absolute atomic E-state index is 13.2.